The molecule has 0 bridgehead atoms. The standard InChI is InChI=1S/C10H16N4O2S.ClH/c1-8-7-9(2)13-10(12-8)17(15,16)14-5-3-11-4-6-14;/h7,11H,3-6H2,1-2H3;1H. The lowest BCUT2D eigenvalue weighted by atomic mass is 10.4. The number of hydrogen-bond donors (Lipinski definition) is 1. The SMILES string of the molecule is Cc1cc(C)nc(S(=O)(=O)N2CCNCC2)n1.Cl. The maximum atomic E-state index is 12.3. The number of nitrogens with zero attached hydrogens (tertiary/aromatic N) is 3. The first-order chi connectivity index (χ1) is 8.00. The predicted octanol–water partition coefficient (Wildman–Crippen LogP) is 0.109. The van der Waals surface area contributed by atoms with E-state index < -0.39 is 10.0 Å². The summed E-state index contributed by atoms with van der Waals surface area (Å²) in [5.41, 5.74) is 1.34. The van der Waals surface area contributed by atoms with Crippen LogP contribution >= 0.6 is 12.4 Å². The molecule has 1 aliphatic rings. The Balaban J connectivity index is 0.00000162. The molecule has 2 heterocycles. The molecule has 1 saturated heterocycles. The lowest BCUT2D eigenvalue weighted by Crippen LogP contribution is -2.46. The summed E-state index contributed by atoms with van der Waals surface area (Å²) in [7, 11) is -3.54. The van der Waals surface area contributed by atoms with E-state index in [1.54, 1.807) is 19.9 Å². The van der Waals surface area contributed by atoms with Crippen molar-refractivity contribution in [2.24, 2.45) is 0 Å². The highest BCUT2D eigenvalue weighted by Crippen LogP contribution is 2.12. The van der Waals surface area contributed by atoms with E-state index in [-0.39, 0.29) is 17.6 Å². The van der Waals surface area contributed by atoms with E-state index in [1.807, 2.05) is 0 Å². The van der Waals surface area contributed by atoms with Gasteiger partial charge in [0, 0.05) is 37.6 Å². The Morgan fingerprint density at radius 3 is 2.17 bits per heavy atom. The largest absolute Gasteiger partial charge is 0.314 e. The van der Waals surface area contributed by atoms with Crippen molar-refractivity contribution in [2.45, 2.75) is 19.0 Å². The van der Waals surface area contributed by atoms with Gasteiger partial charge in [0.25, 0.3) is 15.2 Å². The van der Waals surface area contributed by atoms with Gasteiger partial charge in [0.15, 0.2) is 0 Å². The molecular weight excluding hydrogens is 276 g/mol. The van der Waals surface area contributed by atoms with Gasteiger partial charge in [-0.1, -0.05) is 0 Å². The Labute approximate surface area is 113 Å². The number of hydrogen-bond acceptors (Lipinski definition) is 5. The molecule has 2 rings (SSSR count). The molecule has 1 aromatic heterocycles. The highest BCUT2D eigenvalue weighted by Gasteiger charge is 2.28. The van der Waals surface area contributed by atoms with Crippen LogP contribution < -0.4 is 5.32 Å². The van der Waals surface area contributed by atoms with Crippen molar-refractivity contribution in [1.29, 1.82) is 0 Å². The molecule has 6 nitrogen and oxygen atoms in total. The zero-order valence-electron chi connectivity index (χ0n) is 10.4. The fraction of sp³-hybridized carbons (Fsp3) is 0.600. The summed E-state index contributed by atoms with van der Waals surface area (Å²) >= 11 is 0. The van der Waals surface area contributed by atoms with Crippen molar-refractivity contribution in [2.75, 3.05) is 26.2 Å². The molecule has 102 valence electrons. The molecule has 0 aromatic carbocycles. The van der Waals surface area contributed by atoms with Crippen LogP contribution in [0.4, 0.5) is 0 Å². The van der Waals surface area contributed by atoms with Gasteiger partial charge < -0.3 is 5.32 Å². The van der Waals surface area contributed by atoms with Crippen molar-refractivity contribution < 1.29 is 8.42 Å². The molecule has 18 heavy (non-hydrogen) atoms. The van der Waals surface area contributed by atoms with Gasteiger partial charge in [-0.2, -0.15) is 4.31 Å². The first kappa shape index (κ1) is 15.3. The molecule has 0 atom stereocenters. The average molecular weight is 293 g/mol. The third kappa shape index (κ3) is 3.17. The van der Waals surface area contributed by atoms with Crippen LogP contribution in [0, 0.1) is 13.8 Å². The zero-order valence-corrected chi connectivity index (χ0v) is 12.0. The minimum absolute atomic E-state index is 0. The quantitative estimate of drug-likeness (QED) is 0.783. The summed E-state index contributed by atoms with van der Waals surface area (Å²) in [4.78, 5) is 8.04. The third-order valence-corrected chi connectivity index (χ3v) is 4.30. The molecule has 8 heteroatoms. The molecule has 1 N–H and O–H groups in total. The van der Waals surface area contributed by atoms with E-state index in [0.717, 1.165) is 0 Å². The second-order valence-electron chi connectivity index (χ2n) is 4.09. The molecular formula is C10H17ClN4O2S. The van der Waals surface area contributed by atoms with Gasteiger partial charge in [-0.15, -0.1) is 12.4 Å². The van der Waals surface area contributed by atoms with E-state index in [0.29, 0.717) is 37.6 Å². The summed E-state index contributed by atoms with van der Waals surface area (Å²) < 4.78 is 26.0. The van der Waals surface area contributed by atoms with Crippen molar-refractivity contribution in [3.8, 4) is 0 Å². The minimum Gasteiger partial charge on any atom is -0.314 e. The van der Waals surface area contributed by atoms with Gasteiger partial charge >= 0.3 is 0 Å². The van der Waals surface area contributed by atoms with Crippen LogP contribution in [0.15, 0.2) is 11.2 Å². The van der Waals surface area contributed by atoms with Crippen LogP contribution in [0.2, 0.25) is 0 Å². The van der Waals surface area contributed by atoms with Crippen LogP contribution in [-0.2, 0) is 10.0 Å². The summed E-state index contributed by atoms with van der Waals surface area (Å²) in [6.45, 7) is 5.82. The van der Waals surface area contributed by atoms with E-state index in [1.165, 1.54) is 4.31 Å². The smallest absolute Gasteiger partial charge is 0.278 e. The minimum atomic E-state index is -3.54. The van der Waals surface area contributed by atoms with Gasteiger partial charge in [0.2, 0.25) is 0 Å². The molecule has 0 saturated carbocycles. The van der Waals surface area contributed by atoms with Gasteiger partial charge in [0.1, 0.15) is 0 Å². The summed E-state index contributed by atoms with van der Waals surface area (Å²) in [6.07, 6.45) is 0. The van der Waals surface area contributed by atoms with Gasteiger partial charge in [-0.05, 0) is 19.9 Å². The Hall–Kier alpha value is -0.760. The third-order valence-electron chi connectivity index (χ3n) is 2.61. The molecule has 1 fully saturated rings. The van der Waals surface area contributed by atoms with E-state index in [2.05, 4.69) is 15.3 Å². The summed E-state index contributed by atoms with van der Waals surface area (Å²) in [5.74, 6) is 0. The van der Waals surface area contributed by atoms with Crippen LogP contribution in [0.3, 0.4) is 0 Å². The second-order valence-corrected chi connectivity index (χ2v) is 5.92. The van der Waals surface area contributed by atoms with E-state index in [4.69, 9.17) is 0 Å². The van der Waals surface area contributed by atoms with Crippen molar-refractivity contribution in [3.63, 3.8) is 0 Å². The number of aromatic nitrogens is 2. The normalized spacial score (nSPS) is 17.2. The molecule has 0 unspecified atom stereocenters. The maximum absolute atomic E-state index is 12.3. The van der Waals surface area contributed by atoms with Gasteiger partial charge in [-0.25, -0.2) is 18.4 Å². The molecule has 0 radical (unpaired) electrons. The zero-order chi connectivity index (χ0) is 12.5. The van der Waals surface area contributed by atoms with E-state index >= 15 is 0 Å². The average Bonchev–Trinajstić information content (AvgIpc) is 2.29. The van der Waals surface area contributed by atoms with Crippen molar-refractivity contribution >= 4 is 22.4 Å². The Kier molecular flexibility index (Phi) is 5.03. The predicted molar refractivity (Wildman–Crippen MR) is 70.4 cm³/mol. The van der Waals surface area contributed by atoms with Crippen LogP contribution in [0.1, 0.15) is 11.4 Å². The maximum Gasteiger partial charge on any atom is 0.278 e. The fourth-order valence-electron chi connectivity index (χ4n) is 1.81. The number of aryl methyl sites for hydroxylation is 2. The number of piperazine rings is 1. The number of nitrogens with one attached hydrogen (secondary N) is 1. The molecule has 0 spiro atoms. The molecule has 1 aliphatic heterocycles. The number of rotatable bonds is 2. The first-order valence-corrected chi connectivity index (χ1v) is 6.97. The lowest BCUT2D eigenvalue weighted by Gasteiger charge is -2.25. The fourth-order valence-corrected chi connectivity index (χ4v) is 3.22. The Morgan fingerprint density at radius 1 is 1.17 bits per heavy atom. The monoisotopic (exact) mass is 292 g/mol. The second kappa shape index (κ2) is 5.92. The van der Waals surface area contributed by atoms with Gasteiger partial charge in [-0.3, -0.25) is 0 Å². The first-order valence-electron chi connectivity index (χ1n) is 5.53. The summed E-state index contributed by atoms with van der Waals surface area (Å²) in [6, 6.07) is 1.76. The van der Waals surface area contributed by atoms with Crippen molar-refractivity contribution in [1.82, 2.24) is 19.6 Å². The molecule has 0 amide bonds. The highest BCUT2D eigenvalue weighted by atomic mass is 35.5. The van der Waals surface area contributed by atoms with Gasteiger partial charge in [0.05, 0.1) is 0 Å². The summed E-state index contributed by atoms with van der Waals surface area (Å²) in [5, 5.41) is 3.03. The number of halogens is 1. The Bertz CT molecular complexity index is 494. The van der Waals surface area contributed by atoms with Crippen molar-refractivity contribution in [3.05, 3.63) is 17.5 Å². The van der Waals surface area contributed by atoms with Crippen LogP contribution in [0.5, 0.6) is 0 Å². The van der Waals surface area contributed by atoms with E-state index in [9.17, 15) is 8.42 Å². The molecule has 0 aliphatic carbocycles. The topological polar surface area (TPSA) is 75.2 Å². The number of sulfonamides is 1. The Morgan fingerprint density at radius 2 is 1.67 bits per heavy atom. The lowest BCUT2D eigenvalue weighted by molar-refractivity contribution is 0.357. The van der Waals surface area contributed by atoms with Crippen LogP contribution in [-0.4, -0.2) is 48.9 Å². The molecule has 1 aromatic rings. The highest BCUT2D eigenvalue weighted by molar-refractivity contribution is 7.88. The van der Waals surface area contributed by atoms with Crippen LogP contribution in [0.25, 0.3) is 0 Å².